The molecule has 5 nitrogen and oxygen atoms in total. The normalized spacial score (nSPS) is 16.3. The molecule has 0 saturated carbocycles. The van der Waals surface area contributed by atoms with Gasteiger partial charge in [-0.1, -0.05) is 6.08 Å². The zero-order valence-electron chi connectivity index (χ0n) is 8.85. The molecule has 5 heteroatoms. The number of nitrogens with zero attached hydrogens (tertiary/aromatic N) is 2. The van der Waals surface area contributed by atoms with Gasteiger partial charge in [0.2, 0.25) is 5.91 Å². The van der Waals surface area contributed by atoms with E-state index in [2.05, 4.69) is 4.90 Å². The highest BCUT2D eigenvalue weighted by Gasteiger charge is 2.12. The molecule has 1 aliphatic rings. The third-order valence-electron chi connectivity index (χ3n) is 2.32. The lowest BCUT2D eigenvalue weighted by molar-refractivity contribution is -0.141. The molecule has 1 rings (SSSR count). The summed E-state index contributed by atoms with van der Waals surface area (Å²) >= 11 is 0. The van der Waals surface area contributed by atoms with Crippen LogP contribution in [-0.4, -0.2) is 60.0 Å². The van der Waals surface area contributed by atoms with E-state index in [0.29, 0.717) is 0 Å². The lowest BCUT2D eigenvalue weighted by Crippen LogP contribution is -2.37. The van der Waals surface area contributed by atoms with Crippen molar-refractivity contribution in [1.29, 1.82) is 0 Å². The molecular weight excluding hydrogens is 196 g/mol. The van der Waals surface area contributed by atoms with Crippen LogP contribution in [-0.2, 0) is 9.59 Å². The molecular formula is C10H16N2O3. The van der Waals surface area contributed by atoms with Gasteiger partial charge >= 0.3 is 5.97 Å². The maximum Gasteiger partial charge on any atom is 0.323 e. The summed E-state index contributed by atoms with van der Waals surface area (Å²) in [5.74, 6) is -1.26. The zero-order chi connectivity index (χ0) is 11.3. The van der Waals surface area contributed by atoms with Gasteiger partial charge in [-0.25, -0.2) is 0 Å². The first-order chi connectivity index (χ1) is 7.09. The van der Waals surface area contributed by atoms with Crippen molar-refractivity contribution in [2.75, 3.05) is 33.2 Å². The van der Waals surface area contributed by atoms with E-state index in [4.69, 9.17) is 5.11 Å². The Kier molecular flexibility index (Phi) is 4.30. The average Bonchev–Trinajstić information content (AvgIpc) is 2.07. The van der Waals surface area contributed by atoms with Crippen LogP contribution in [0.15, 0.2) is 12.2 Å². The number of carbonyl (C=O) groups is 2. The van der Waals surface area contributed by atoms with Crippen molar-refractivity contribution in [1.82, 2.24) is 9.80 Å². The van der Waals surface area contributed by atoms with Crippen molar-refractivity contribution in [2.45, 2.75) is 6.42 Å². The summed E-state index contributed by atoms with van der Waals surface area (Å²) in [5, 5.41) is 8.47. The van der Waals surface area contributed by atoms with E-state index in [1.165, 1.54) is 24.4 Å². The maximum absolute atomic E-state index is 11.3. The molecule has 0 unspecified atom stereocenters. The van der Waals surface area contributed by atoms with Crippen molar-refractivity contribution in [2.24, 2.45) is 0 Å². The van der Waals surface area contributed by atoms with Crippen molar-refractivity contribution >= 4 is 11.9 Å². The highest BCUT2D eigenvalue weighted by atomic mass is 16.4. The number of likely N-dealkylation sites (tertiary alicyclic amines) is 1. The molecule has 0 aromatic rings. The minimum absolute atomic E-state index is 0.257. The number of hydrogen-bond acceptors (Lipinski definition) is 3. The lowest BCUT2D eigenvalue weighted by atomic mass is 10.2. The fourth-order valence-electron chi connectivity index (χ4n) is 1.27. The average molecular weight is 212 g/mol. The molecule has 0 radical (unpaired) electrons. The van der Waals surface area contributed by atoms with E-state index in [-0.39, 0.29) is 12.5 Å². The van der Waals surface area contributed by atoms with Crippen molar-refractivity contribution in [3.63, 3.8) is 0 Å². The summed E-state index contributed by atoms with van der Waals surface area (Å²) < 4.78 is 0. The summed E-state index contributed by atoms with van der Waals surface area (Å²) in [6.45, 7) is 2.69. The molecule has 84 valence electrons. The first-order valence-corrected chi connectivity index (χ1v) is 4.95. The van der Waals surface area contributed by atoms with Gasteiger partial charge in [0.15, 0.2) is 0 Å². The Bertz CT molecular complexity index is 272. The Hall–Kier alpha value is -1.36. The molecule has 0 aromatic carbocycles. The Morgan fingerprint density at radius 1 is 1.47 bits per heavy atom. The minimum atomic E-state index is -0.998. The molecule has 1 fully saturated rings. The first-order valence-electron chi connectivity index (χ1n) is 4.95. The van der Waals surface area contributed by atoms with Crippen LogP contribution in [0.25, 0.3) is 0 Å². The number of carbonyl (C=O) groups excluding carboxylic acids is 1. The van der Waals surface area contributed by atoms with Gasteiger partial charge in [-0.05, 0) is 19.5 Å². The second kappa shape index (κ2) is 5.50. The molecule has 1 saturated heterocycles. The molecule has 0 aromatic heterocycles. The van der Waals surface area contributed by atoms with E-state index in [9.17, 15) is 9.59 Å². The molecule has 1 heterocycles. The van der Waals surface area contributed by atoms with Crippen LogP contribution in [0.4, 0.5) is 0 Å². The Labute approximate surface area is 89.0 Å². The van der Waals surface area contributed by atoms with Gasteiger partial charge in [-0.15, -0.1) is 0 Å². The molecule has 0 spiro atoms. The first kappa shape index (κ1) is 11.7. The summed E-state index contributed by atoms with van der Waals surface area (Å²) in [7, 11) is 1.48. The van der Waals surface area contributed by atoms with Gasteiger partial charge in [0, 0.05) is 19.7 Å². The topological polar surface area (TPSA) is 60.9 Å². The third-order valence-corrected chi connectivity index (χ3v) is 2.32. The Balaban J connectivity index is 2.23. The van der Waals surface area contributed by atoms with E-state index in [0.717, 1.165) is 19.6 Å². The summed E-state index contributed by atoms with van der Waals surface area (Å²) in [6, 6.07) is 0. The molecule has 0 atom stereocenters. The maximum atomic E-state index is 11.3. The fraction of sp³-hybridized carbons (Fsp3) is 0.600. The molecule has 1 aliphatic heterocycles. The largest absolute Gasteiger partial charge is 0.480 e. The number of likely N-dealkylation sites (N-methyl/N-ethyl adjacent to an activating group) is 1. The lowest BCUT2D eigenvalue weighted by Gasteiger charge is -2.29. The zero-order valence-corrected chi connectivity index (χ0v) is 8.85. The Morgan fingerprint density at radius 3 is 2.60 bits per heavy atom. The van der Waals surface area contributed by atoms with E-state index < -0.39 is 5.97 Å². The molecule has 0 aliphatic carbocycles. The summed E-state index contributed by atoms with van der Waals surface area (Å²) in [5.41, 5.74) is 0. The predicted molar refractivity (Wildman–Crippen MR) is 55.5 cm³/mol. The van der Waals surface area contributed by atoms with Crippen LogP contribution in [0.3, 0.4) is 0 Å². The van der Waals surface area contributed by atoms with Crippen molar-refractivity contribution in [3.8, 4) is 0 Å². The van der Waals surface area contributed by atoms with Crippen LogP contribution >= 0.6 is 0 Å². The van der Waals surface area contributed by atoms with E-state index in [1.54, 1.807) is 6.08 Å². The predicted octanol–water partition coefficient (Wildman–Crippen LogP) is -0.209. The number of rotatable bonds is 5. The van der Waals surface area contributed by atoms with Crippen LogP contribution in [0, 0.1) is 0 Å². The number of carboxylic acid groups (broad SMARTS) is 1. The van der Waals surface area contributed by atoms with Crippen LogP contribution < -0.4 is 0 Å². The fourth-order valence-corrected chi connectivity index (χ4v) is 1.27. The summed E-state index contributed by atoms with van der Waals surface area (Å²) in [4.78, 5) is 25.0. The van der Waals surface area contributed by atoms with Gasteiger partial charge in [-0.2, -0.15) is 0 Å². The monoisotopic (exact) mass is 212 g/mol. The molecule has 1 N–H and O–H groups in total. The Morgan fingerprint density at radius 2 is 2.13 bits per heavy atom. The number of aliphatic carboxylic acids is 1. The number of carboxylic acids is 1. The van der Waals surface area contributed by atoms with Crippen LogP contribution in [0.1, 0.15) is 6.42 Å². The van der Waals surface area contributed by atoms with Crippen LogP contribution in [0.2, 0.25) is 0 Å². The van der Waals surface area contributed by atoms with Gasteiger partial charge in [0.1, 0.15) is 6.54 Å². The number of amides is 1. The molecule has 15 heavy (non-hydrogen) atoms. The van der Waals surface area contributed by atoms with Gasteiger partial charge < -0.3 is 10.0 Å². The second-order valence-corrected chi connectivity index (χ2v) is 3.64. The quantitative estimate of drug-likeness (QED) is 0.641. The van der Waals surface area contributed by atoms with Crippen molar-refractivity contribution in [3.05, 3.63) is 12.2 Å². The highest BCUT2D eigenvalue weighted by Crippen LogP contribution is 2.04. The van der Waals surface area contributed by atoms with E-state index >= 15 is 0 Å². The highest BCUT2D eigenvalue weighted by molar-refractivity contribution is 5.89. The van der Waals surface area contributed by atoms with Gasteiger partial charge in [0.05, 0.1) is 0 Å². The summed E-state index contributed by atoms with van der Waals surface area (Å²) in [6.07, 6.45) is 4.43. The van der Waals surface area contributed by atoms with Gasteiger partial charge in [0.25, 0.3) is 0 Å². The van der Waals surface area contributed by atoms with E-state index in [1.807, 2.05) is 0 Å². The standard InChI is InChI=1S/C10H16N2O3/c1-11(8-10(14)15)9(13)4-2-5-12-6-3-7-12/h2,4H,3,5-8H2,1H3,(H,14,15). The third kappa shape index (κ3) is 4.12. The minimum Gasteiger partial charge on any atom is -0.480 e. The SMILES string of the molecule is CN(CC(=O)O)C(=O)C=CCN1CCC1. The smallest absolute Gasteiger partial charge is 0.323 e. The molecule has 0 bridgehead atoms. The van der Waals surface area contributed by atoms with Crippen LogP contribution in [0.5, 0.6) is 0 Å². The molecule has 1 amide bonds. The second-order valence-electron chi connectivity index (χ2n) is 3.64. The van der Waals surface area contributed by atoms with Gasteiger partial charge in [-0.3, -0.25) is 14.5 Å². The number of hydrogen-bond donors (Lipinski definition) is 1. The van der Waals surface area contributed by atoms with Crippen molar-refractivity contribution < 1.29 is 14.7 Å².